The number of hydrogen-bond donors (Lipinski definition) is 1. The van der Waals surface area contributed by atoms with Gasteiger partial charge in [-0.25, -0.2) is 0 Å². The van der Waals surface area contributed by atoms with Gasteiger partial charge in [0, 0.05) is 25.0 Å². The molecule has 3 aliphatic rings. The maximum Gasteiger partial charge on any atom is 0.283 e. The van der Waals surface area contributed by atoms with Crippen molar-refractivity contribution in [1.29, 1.82) is 5.41 Å². The molecule has 1 amide bonds. The van der Waals surface area contributed by atoms with Crippen LogP contribution in [0.3, 0.4) is 0 Å². The summed E-state index contributed by atoms with van der Waals surface area (Å²) in [7, 11) is 0. The van der Waals surface area contributed by atoms with Crippen LogP contribution in [0.5, 0.6) is 5.75 Å². The molecule has 0 bridgehead atoms. The minimum absolute atomic E-state index is 0.0610. The Bertz CT molecular complexity index is 1210. The number of carbonyl (C=O) groups is 1. The first-order chi connectivity index (χ1) is 16.0. The molecule has 1 N–H and O–H groups in total. The van der Waals surface area contributed by atoms with Gasteiger partial charge in [0.15, 0.2) is 11.0 Å². The highest BCUT2D eigenvalue weighted by Crippen LogP contribution is 2.30. The zero-order chi connectivity index (χ0) is 22.9. The molecule has 0 unspecified atom stereocenters. The number of hydrogen-bond acceptors (Lipinski definition) is 6. The number of amidine groups is 3. The number of benzene rings is 1. The van der Waals surface area contributed by atoms with Gasteiger partial charge < -0.3 is 14.2 Å². The molecule has 0 atom stereocenters. The molecule has 1 fully saturated rings. The number of nitrogens with zero attached hydrogens (tertiary/aromatic N) is 5. The van der Waals surface area contributed by atoms with Crippen LogP contribution in [-0.2, 0) is 11.3 Å². The number of aromatic nitrogens is 1. The van der Waals surface area contributed by atoms with Gasteiger partial charge in [0.25, 0.3) is 5.91 Å². The molecule has 2 aromatic rings. The van der Waals surface area contributed by atoms with Gasteiger partial charge in [0.1, 0.15) is 12.4 Å². The normalized spacial score (nSPS) is 19.3. The second-order valence-corrected chi connectivity index (χ2v) is 9.25. The Morgan fingerprint density at radius 3 is 2.76 bits per heavy atom. The molecule has 0 saturated carbocycles. The summed E-state index contributed by atoms with van der Waals surface area (Å²) in [6.07, 6.45) is 5.93. The Labute approximate surface area is 197 Å². The number of aryl methyl sites for hydroxylation is 2. The van der Waals surface area contributed by atoms with Crippen molar-refractivity contribution < 1.29 is 9.53 Å². The van der Waals surface area contributed by atoms with Crippen LogP contribution in [0.4, 0.5) is 0 Å². The lowest BCUT2D eigenvalue weighted by molar-refractivity contribution is -0.114. The number of carbonyl (C=O) groups excluding carboxylic acids is 1. The fourth-order valence-electron chi connectivity index (χ4n) is 3.99. The van der Waals surface area contributed by atoms with E-state index in [-0.39, 0.29) is 11.4 Å². The van der Waals surface area contributed by atoms with E-state index >= 15 is 0 Å². The van der Waals surface area contributed by atoms with E-state index in [1.54, 1.807) is 6.08 Å². The van der Waals surface area contributed by atoms with Crippen LogP contribution in [0.1, 0.15) is 29.7 Å². The summed E-state index contributed by atoms with van der Waals surface area (Å²) in [6.45, 7) is 7.16. The molecular weight excluding hydrogens is 436 g/mol. The molecule has 3 aliphatic heterocycles. The van der Waals surface area contributed by atoms with Crippen LogP contribution < -0.4 is 4.74 Å². The average Bonchev–Trinajstić information content (AvgIpc) is 3.54. The summed E-state index contributed by atoms with van der Waals surface area (Å²) in [4.78, 5) is 19.1. The van der Waals surface area contributed by atoms with Crippen molar-refractivity contribution in [2.75, 3.05) is 19.7 Å². The third kappa shape index (κ3) is 4.32. The Balaban J connectivity index is 1.30. The highest BCUT2D eigenvalue weighted by atomic mass is 32.2. The molecule has 1 aromatic heterocycles. The molecular formula is C24H26N6O2S. The summed E-state index contributed by atoms with van der Waals surface area (Å²) < 4.78 is 7.92. The Morgan fingerprint density at radius 2 is 1.97 bits per heavy atom. The fourth-order valence-corrected chi connectivity index (χ4v) is 4.94. The van der Waals surface area contributed by atoms with Gasteiger partial charge in [0.05, 0.1) is 12.1 Å². The third-order valence-corrected chi connectivity index (χ3v) is 7.03. The van der Waals surface area contributed by atoms with Crippen molar-refractivity contribution >= 4 is 39.9 Å². The largest absolute Gasteiger partial charge is 0.492 e. The molecule has 33 heavy (non-hydrogen) atoms. The number of thioether (sulfide) groups is 1. The maximum absolute atomic E-state index is 12.7. The molecule has 1 aromatic carbocycles. The highest BCUT2D eigenvalue weighted by molar-refractivity contribution is 8.26. The Morgan fingerprint density at radius 1 is 1.15 bits per heavy atom. The second-order valence-electron chi connectivity index (χ2n) is 8.32. The van der Waals surface area contributed by atoms with Crippen LogP contribution in [0.2, 0.25) is 0 Å². The van der Waals surface area contributed by atoms with E-state index in [9.17, 15) is 4.79 Å². The molecule has 170 valence electrons. The van der Waals surface area contributed by atoms with Crippen molar-refractivity contribution in [2.24, 2.45) is 10.1 Å². The lowest BCUT2D eigenvalue weighted by Gasteiger charge is -2.20. The predicted octanol–water partition coefficient (Wildman–Crippen LogP) is 3.86. The van der Waals surface area contributed by atoms with Crippen LogP contribution in [-0.4, -0.2) is 56.3 Å². The topological polar surface area (TPSA) is 86.3 Å². The second kappa shape index (κ2) is 8.90. The molecule has 4 heterocycles. The van der Waals surface area contributed by atoms with Crippen molar-refractivity contribution in [2.45, 2.75) is 33.2 Å². The van der Waals surface area contributed by atoms with E-state index in [0.717, 1.165) is 42.5 Å². The minimum Gasteiger partial charge on any atom is -0.492 e. The molecule has 1 saturated heterocycles. The summed E-state index contributed by atoms with van der Waals surface area (Å²) >= 11 is 1.36. The van der Waals surface area contributed by atoms with Crippen molar-refractivity contribution in [3.63, 3.8) is 0 Å². The third-order valence-electron chi connectivity index (χ3n) is 6.06. The quantitative estimate of drug-likeness (QED) is 0.682. The predicted molar refractivity (Wildman–Crippen MR) is 132 cm³/mol. The van der Waals surface area contributed by atoms with Gasteiger partial charge >= 0.3 is 0 Å². The molecule has 0 radical (unpaired) electrons. The SMILES string of the molecule is Cc1ccc(OCCn2cccc2/C=C2/C(=N)N3N=C(N4CCCC4)SC3=NC2=O)cc1C. The number of rotatable bonds is 5. The summed E-state index contributed by atoms with van der Waals surface area (Å²) in [5, 5.41) is 15.9. The summed E-state index contributed by atoms with van der Waals surface area (Å²) in [6, 6.07) is 9.91. The number of fused-ring (bicyclic) bond motifs is 1. The molecule has 0 spiro atoms. The highest BCUT2D eigenvalue weighted by Gasteiger charge is 2.37. The number of amides is 1. The van der Waals surface area contributed by atoms with Crippen molar-refractivity contribution in [3.8, 4) is 5.75 Å². The lowest BCUT2D eigenvalue weighted by atomic mass is 10.1. The van der Waals surface area contributed by atoms with Gasteiger partial charge in [-0.3, -0.25) is 10.2 Å². The van der Waals surface area contributed by atoms with Gasteiger partial charge in [0.2, 0.25) is 5.17 Å². The summed E-state index contributed by atoms with van der Waals surface area (Å²) in [5.74, 6) is 0.496. The molecule has 8 nitrogen and oxygen atoms in total. The van der Waals surface area contributed by atoms with E-state index in [4.69, 9.17) is 10.1 Å². The van der Waals surface area contributed by atoms with Crippen LogP contribution in [0.15, 0.2) is 52.2 Å². The first kappa shape index (κ1) is 21.5. The zero-order valence-electron chi connectivity index (χ0n) is 18.7. The number of nitrogens with one attached hydrogen (secondary N) is 1. The van der Waals surface area contributed by atoms with Crippen LogP contribution in [0, 0.1) is 19.3 Å². The first-order valence-electron chi connectivity index (χ1n) is 11.1. The zero-order valence-corrected chi connectivity index (χ0v) is 19.6. The van der Waals surface area contributed by atoms with Gasteiger partial charge in [-0.2, -0.15) is 10.0 Å². The van der Waals surface area contributed by atoms with Gasteiger partial charge in [-0.15, -0.1) is 5.10 Å². The first-order valence-corrected chi connectivity index (χ1v) is 11.9. The smallest absolute Gasteiger partial charge is 0.283 e. The minimum atomic E-state index is -0.407. The van der Waals surface area contributed by atoms with E-state index in [1.807, 2.05) is 35.0 Å². The number of likely N-dealkylation sites (tertiary alicyclic amines) is 1. The standard InChI is InChI=1S/C24H26N6O2S/c1-16-7-8-19(14-17(16)2)32-13-12-28-11-5-6-18(28)15-20-21(25)30-23(26-22(20)31)33-24(27-30)29-9-3-4-10-29/h5-8,11,14-15,25H,3-4,9-10,12-13H2,1-2H3/b20-15-,25-21?. The molecule has 0 aliphatic carbocycles. The molecule has 5 rings (SSSR count). The number of ether oxygens (including phenoxy) is 1. The van der Waals surface area contributed by atoms with E-state index in [1.165, 1.54) is 27.9 Å². The van der Waals surface area contributed by atoms with E-state index in [2.05, 4.69) is 34.9 Å². The van der Waals surface area contributed by atoms with Crippen molar-refractivity contribution in [3.05, 3.63) is 58.9 Å². The average molecular weight is 463 g/mol. The summed E-state index contributed by atoms with van der Waals surface area (Å²) in [5.41, 5.74) is 3.49. The number of hydrazone groups is 1. The van der Waals surface area contributed by atoms with Crippen LogP contribution >= 0.6 is 11.8 Å². The van der Waals surface area contributed by atoms with E-state index < -0.39 is 5.91 Å². The Kier molecular flexibility index (Phi) is 5.80. The number of aliphatic imine (C=N–C) groups is 1. The lowest BCUT2D eigenvalue weighted by Crippen LogP contribution is -2.35. The van der Waals surface area contributed by atoms with Gasteiger partial charge in [-0.1, -0.05) is 6.07 Å². The Hall–Kier alpha value is -3.33. The van der Waals surface area contributed by atoms with Gasteiger partial charge in [-0.05, 0) is 79.9 Å². The van der Waals surface area contributed by atoms with E-state index in [0.29, 0.717) is 18.3 Å². The van der Waals surface area contributed by atoms with Crippen LogP contribution in [0.25, 0.3) is 6.08 Å². The fraction of sp³-hybridized carbons (Fsp3) is 0.333. The van der Waals surface area contributed by atoms with Crippen molar-refractivity contribution in [1.82, 2.24) is 14.5 Å². The monoisotopic (exact) mass is 462 g/mol. The molecule has 9 heteroatoms. The maximum atomic E-state index is 12.7.